The topological polar surface area (TPSA) is 85.3 Å². The molecule has 0 aliphatic heterocycles. The van der Waals surface area contributed by atoms with E-state index in [1.54, 1.807) is 13.1 Å². The van der Waals surface area contributed by atoms with Crippen molar-refractivity contribution in [2.45, 2.75) is 13.3 Å². The maximum Gasteiger partial charge on any atom is 0.371 e. The summed E-state index contributed by atoms with van der Waals surface area (Å²) in [7, 11) is 1.66. The lowest BCUT2D eigenvalue weighted by Crippen LogP contribution is -2.07. The Kier molecular flexibility index (Phi) is 3.01. The Hall–Kier alpha value is -2.37. The summed E-state index contributed by atoms with van der Waals surface area (Å²) in [6.07, 6.45) is 0.722. The van der Waals surface area contributed by atoms with Crippen molar-refractivity contribution in [3.8, 4) is 0 Å². The van der Waals surface area contributed by atoms with Crippen LogP contribution >= 0.6 is 0 Å². The van der Waals surface area contributed by atoms with Crippen LogP contribution in [0.4, 0.5) is 0 Å². The zero-order valence-electron chi connectivity index (χ0n) is 10.0. The monoisotopic (exact) mass is 248 g/mol. The minimum absolute atomic E-state index is 0.00180. The molecular formula is C12H12N2O4. The minimum atomic E-state index is -1.20. The second-order valence-electron chi connectivity index (χ2n) is 3.80. The molecule has 0 aliphatic carbocycles. The second-order valence-corrected chi connectivity index (χ2v) is 3.80. The van der Waals surface area contributed by atoms with Gasteiger partial charge >= 0.3 is 5.97 Å². The third-order valence-electron chi connectivity index (χ3n) is 2.57. The maximum atomic E-state index is 12.1. The third kappa shape index (κ3) is 2.04. The van der Waals surface area contributed by atoms with Gasteiger partial charge in [-0.2, -0.15) is 5.10 Å². The second kappa shape index (κ2) is 4.48. The molecule has 0 radical (unpaired) electrons. The Morgan fingerprint density at radius 2 is 2.06 bits per heavy atom. The molecule has 2 heterocycles. The van der Waals surface area contributed by atoms with E-state index in [0.29, 0.717) is 5.69 Å². The Bertz CT molecular complexity index is 609. The van der Waals surface area contributed by atoms with E-state index in [2.05, 4.69) is 5.10 Å². The number of aromatic carboxylic acids is 1. The highest BCUT2D eigenvalue weighted by Gasteiger charge is 2.20. The Balaban J connectivity index is 2.34. The Morgan fingerprint density at radius 3 is 2.56 bits per heavy atom. The van der Waals surface area contributed by atoms with Crippen molar-refractivity contribution in [2.75, 3.05) is 0 Å². The number of aromatic nitrogens is 2. The van der Waals surface area contributed by atoms with Gasteiger partial charge in [-0.05, 0) is 24.6 Å². The lowest BCUT2D eigenvalue weighted by atomic mass is 10.2. The molecule has 18 heavy (non-hydrogen) atoms. The summed E-state index contributed by atoms with van der Waals surface area (Å²) in [6.45, 7) is 1.94. The first-order valence-corrected chi connectivity index (χ1v) is 5.43. The van der Waals surface area contributed by atoms with Crippen LogP contribution in [0.3, 0.4) is 0 Å². The first kappa shape index (κ1) is 12.1. The zero-order valence-corrected chi connectivity index (χ0v) is 10.0. The molecule has 0 aliphatic rings. The van der Waals surface area contributed by atoms with Gasteiger partial charge in [-0.3, -0.25) is 9.48 Å². The molecular weight excluding hydrogens is 236 g/mol. The van der Waals surface area contributed by atoms with Gasteiger partial charge in [0, 0.05) is 7.05 Å². The summed E-state index contributed by atoms with van der Waals surface area (Å²) in [5.41, 5.74) is 1.17. The highest BCUT2D eigenvalue weighted by Crippen LogP contribution is 2.14. The van der Waals surface area contributed by atoms with E-state index in [-0.39, 0.29) is 17.3 Å². The molecule has 0 aromatic carbocycles. The molecule has 2 aromatic heterocycles. The largest absolute Gasteiger partial charge is 0.475 e. The molecule has 6 heteroatoms. The average molecular weight is 248 g/mol. The SMILES string of the molecule is CCc1cc(C(=O)c2ccc(C(=O)O)o2)n(C)n1. The lowest BCUT2D eigenvalue weighted by molar-refractivity contribution is 0.0660. The van der Waals surface area contributed by atoms with Gasteiger partial charge in [0.25, 0.3) is 0 Å². The highest BCUT2D eigenvalue weighted by atomic mass is 16.4. The minimum Gasteiger partial charge on any atom is -0.475 e. The third-order valence-corrected chi connectivity index (χ3v) is 2.57. The molecule has 94 valence electrons. The van der Waals surface area contributed by atoms with Gasteiger partial charge in [-0.15, -0.1) is 0 Å². The normalized spacial score (nSPS) is 10.6. The number of carbonyl (C=O) groups excluding carboxylic acids is 1. The molecule has 0 spiro atoms. The van der Waals surface area contributed by atoms with E-state index < -0.39 is 5.97 Å². The number of carbonyl (C=O) groups is 2. The van der Waals surface area contributed by atoms with Crippen molar-refractivity contribution in [1.29, 1.82) is 0 Å². The number of aryl methyl sites for hydroxylation is 2. The van der Waals surface area contributed by atoms with Gasteiger partial charge < -0.3 is 9.52 Å². The Morgan fingerprint density at radius 1 is 1.39 bits per heavy atom. The molecule has 0 unspecified atom stereocenters. The number of hydrogen-bond acceptors (Lipinski definition) is 4. The molecule has 1 N–H and O–H groups in total. The van der Waals surface area contributed by atoms with Crippen LogP contribution in [0.2, 0.25) is 0 Å². The van der Waals surface area contributed by atoms with Crippen molar-refractivity contribution in [1.82, 2.24) is 9.78 Å². The van der Waals surface area contributed by atoms with Crippen LogP contribution in [0.15, 0.2) is 22.6 Å². The number of furan rings is 1. The fourth-order valence-corrected chi connectivity index (χ4v) is 1.61. The number of rotatable bonds is 4. The van der Waals surface area contributed by atoms with E-state index in [1.807, 2.05) is 6.92 Å². The van der Waals surface area contributed by atoms with Crippen molar-refractivity contribution >= 4 is 11.8 Å². The molecule has 2 rings (SSSR count). The van der Waals surface area contributed by atoms with E-state index >= 15 is 0 Å². The van der Waals surface area contributed by atoms with E-state index in [9.17, 15) is 9.59 Å². The first-order chi connectivity index (χ1) is 8.52. The highest BCUT2D eigenvalue weighted by molar-refractivity contribution is 6.06. The molecule has 2 aromatic rings. The van der Waals surface area contributed by atoms with Crippen molar-refractivity contribution in [2.24, 2.45) is 7.05 Å². The van der Waals surface area contributed by atoms with E-state index in [1.165, 1.54) is 16.8 Å². The number of carboxylic acids is 1. The summed E-state index contributed by atoms with van der Waals surface area (Å²) in [4.78, 5) is 22.8. The van der Waals surface area contributed by atoms with E-state index in [4.69, 9.17) is 9.52 Å². The molecule has 6 nitrogen and oxygen atoms in total. The molecule has 0 saturated carbocycles. The van der Waals surface area contributed by atoms with Gasteiger partial charge in [0.1, 0.15) is 5.69 Å². The average Bonchev–Trinajstić information content (AvgIpc) is 2.94. The van der Waals surface area contributed by atoms with Gasteiger partial charge in [0.15, 0.2) is 5.76 Å². The van der Waals surface area contributed by atoms with Gasteiger partial charge in [-0.1, -0.05) is 6.92 Å². The van der Waals surface area contributed by atoms with Crippen LogP contribution in [0.5, 0.6) is 0 Å². The quantitative estimate of drug-likeness (QED) is 0.829. The molecule has 0 atom stereocenters. The molecule has 0 saturated heterocycles. The maximum absolute atomic E-state index is 12.1. The van der Waals surface area contributed by atoms with Crippen LogP contribution < -0.4 is 0 Å². The predicted octanol–water partition coefficient (Wildman–Crippen LogP) is 1.50. The smallest absolute Gasteiger partial charge is 0.371 e. The molecule has 0 bridgehead atoms. The van der Waals surface area contributed by atoms with Crippen LogP contribution in [-0.2, 0) is 13.5 Å². The van der Waals surface area contributed by atoms with Crippen LogP contribution in [0.25, 0.3) is 0 Å². The van der Waals surface area contributed by atoms with Gasteiger partial charge in [-0.25, -0.2) is 4.79 Å². The summed E-state index contributed by atoms with van der Waals surface area (Å²) in [6, 6.07) is 4.28. The Labute approximate surface area is 103 Å². The fourth-order valence-electron chi connectivity index (χ4n) is 1.61. The summed E-state index contributed by atoms with van der Waals surface area (Å²) in [5.74, 6) is -1.83. The predicted molar refractivity (Wildman–Crippen MR) is 61.7 cm³/mol. The number of hydrogen-bond donors (Lipinski definition) is 1. The van der Waals surface area contributed by atoms with Crippen LogP contribution in [0, 0.1) is 0 Å². The summed E-state index contributed by atoms with van der Waals surface area (Å²) < 4.78 is 6.43. The fraction of sp³-hybridized carbons (Fsp3) is 0.250. The standard InChI is InChI=1S/C12H12N2O4/c1-3-7-6-8(14(2)13-7)11(15)9-4-5-10(18-9)12(16)17/h4-6H,3H2,1-2H3,(H,16,17). The molecule has 0 fully saturated rings. The first-order valence-electron chi connectivity index (χ1n) is 5.43. The summed E-state index contributed by atoms with van der Waals surface area (Å²) >= 11 is 0. The van der Waals surface area contributed by atoms with Gasteiger partial charge in [0.2, 0.25) is 11.5 Å². The van der Waals surface area contributed by atoms with Crippen molar-refractivity contribution < 1.29 is 19.1 Å². The number of nitrogens with zero attached hydrogens (tertiary/aromatic N) is 2. The van der Waals surface area contributed by atoms with Crippen LogP contribution in [0.1, 0.15) is 39.4 Å². The van der Waals surface area contributed by atoms with Crippen LogP contribution in [-0.4, -0.2) is 26.6 Å². The van der Waals surface area contributed by atoms with Crippen molar-refractivity contribution in [3.05, 3.63) is 41.1 Å². The lowest BCUT2D eigenvalue weighted by Gasteiger charge is -1.97. The number of carboxylic acid groups (broad SMARTS) is 1. The van der Waals surface area contributed by atoms with E-state index in [0.717, 1.165) is 12.1 Å². The molecule has 0 amide bonds. The number of ketones is 1. The summed E-state index contributed by atoms with van der Waals surface area (Å²) in [5, 5.41) is 12.9. The van der Waals surface area contributed by atoms with Gasteiger partial charge in [0.05, 0.1) is 5.69 Å². The zero-order chi connectivity index (χ0) is 13.3. The van der Waals surface area contributed by atoms with Crippen molar-refractivity contribution in [3.63, 3.8) is 0 Å².